The van der Waals surface area contributed by atoms with Crippen molar-refractivity contribution < 1.29 is 19.8 Å². The van der Waals surface area contributed by atoms with E-state index < -0.39 is 22.8 Å². The summed E-state index contributed by atoms with van der Waals surface area (Å²) >= 11 is 0. The fourth-order valence-electron chi connectivity index (χ4n) is 3.41. The van der Waals surface area contributed by atoms with Gasteiger partial charge in [0.15, 0.2) is 0 Å². The summed E-state index contributed by atoms with van der Waals surface area (Å²) in [5, 5.41) is 22.9. The number of carboxylic acids is 2. The van der Waals surface area contributed by atoms with E-state index in [0.717, 1.165) is 12.8 Å². The normalized spacial score (nSPS) is 40.4. The second-order valence-corrected chi connectivity index (χ2v) is 5.98. The Morgan fingerprint density at radius 2 is 1.22 bits per heavy atom. The van der Waals surface area contributed by atoms with Gasteiger partial charge in [-0.3, -0.25) is 0 Å². The Labute approximate surface area is 108 Å². The predicted molar refractivity (Wildman–Crippen MR) is 63.0 cm³/mol. The van der Waals surface area contributed by atoms with Gasteiger partial charge in [-0.1, -0.05) is 40.5 Å². The minimum Gasteiger partial charge on any atom is -0.550 e. The summed E-state index contributed by atoms with van der Waals surface area (Å²) in [6.07, 6.45) is 2.44. The second-order valence-electron chi connectivity index (χ2n) is 5.98. The van der Waals surface area contributed by atoms with Gasteiger partial charge in [-0.25, -0.2) is 0 Å². The largest absolute Gasteiger partial charge is 0.550 e. The molecule has 4 unspecified atom stereocenters. The first-order chi connectivity index (χ1) is 8.22. The third-order valence-corrected chi connectivity index (χ3v) is 5.18. The zero-order valence-corrected chi connectivity index (χ0v) is 11.6. The predicted octanol–water partition coefficient (Wildman–Crippen LogP) is 0.345. The van der Waals surface area contributed by atoms with E-state index >= 15 is 0 Å². The number of hydrogen-bond donors (Lipinski definition) is 0. The van der Waals surface area contributed by atoms with Crippen molar-refractivity contribution in [2.24, 2.45) is 22.7 Å². The van der Waals surface area contributed by atoms with Crippen molar-refractivity contribution in [2.75, 3.05) is 0 Å². The summed E-state index contributed by atoms with van der Waals surface area (Å²) in [6.45, 7) is 7.02. The highest BCUT2D eigenvalue weighted by atomic mass is 16.4. The molecule has 1 aliphatic rings. The quantitative estimate of drug-likeness (QED) is 0.724. The lowest BCUT2D eigenvalue weighted by atomic mass is 9.51. The highest BCUT2D eigenvalue weighted by molar-refractivity contribution is 5.84. The van der Waals surface area contributed by atoms with Crippen LogP contribution in [0.4, 0.5) is 0 Å². The van der Waals surface area contributed by atoms with Gasteiger partial charge in [-0.05, 0) is 24.7 Å². The van der Waals surface area contributed by atoms with E-state index in [-0.39, 0.29) is 11.8 Å². The molecule has 1 aliphatic carbocycles. The van der Waals surface area contributed by atoms with Crippen LogP contribution in [0.2, 0.25) is 0 Å². The van der Waals surface area contributed by atoms with Gasteiger partial charge in [-0.15, -0.1) is 0 Å². The van der Waals surface area contributed by atoms with E-state index in [1.165, 1.54) is 13.8 Å². The van der Waals surface area contributed by atoms with Crippen LogP contribution in [0, 0.1) is 22.7 Å². The lowest BCUT2D eigenvalue weighted by molar-refractivity contribution is -0.348. The Morgan fingerprint density at radius 1 is 0.944 bits per heavy atom. The highest BCUT2D eigenvalue weighted by Crippen LogP contribution is 2.55. The molecule has 0 amide bonds. The molecule has 0 spiro atoms. The van der Waals surface area contributed by atoms with Crippen molar-refractivity contribution in [3.8, 4) is 0 Å². The van der Waals surface area contributed by atoms with Crippen molar-refractivity contribution in [2.45, 2.75) is 53.4 Å². The van der Waals surface area contributed by atoms with Gasteiger partial charge in [0.2, 0.25) is 0 Å². The van der Waals surface area contributed by atoms with Crippen molar-refractivity contribution in [1.82, 2.24) is 0 Å². The summed E-state index contributed by atoms with van der Waals surface area (Å²) < 4.78 is 0. The number of aliphatic carboxylic acids is 2. The van der Waals surface area contributed by atoms with Crippen molar-refractivity contribution in [3.05, 3.63) is 0 Å². The lowest BCUT2D eigenvalue weighted by Gasteiger charge is -2.56. The fourth-order valence-corrected chi connectivity index (χ4v) is 3.41. The molecule has 4 heteroatoms. The topological polar surface area (TPSA) is 80.3 Å². The molecule has 4 atom stereocenters. The summed E-state index contributed by atoms with van der Waals surface area (Å²) in [5.74, 6) is -2.07. The number of rotatable bonds is 4. The van der Waals surface area contributed by atoms with E-state index in [9.17, 15) is 19.8 Å². The molecule has 1 fully saturated rings. The minimum atomic E-state index is -1.35. The molecule has 0 aromatic carbocycles. The van der Waals surface area contributed by atoms with Crippen LogP contribution in [0.1, 0.15) is 53.4 Å². The van der Waals surface area contributed by atoms with E-state index in [4.69, 9.17) is 0 Å². The van der Waals surface area contributed by atoms with Crippen molar-refractivity contribution >= 4 is 11.9 Å². The molecular formula is C14H22O4-2. The van der Waals surface area contributed by atoms with E-state index in [2.05, 4.69) is 0 Å². The maximum atomic E-state index is 11.5. The number of carbonyl (C=O) groups is 2. The first-order valence-electron chi connectivity index (χ1n) is 6.65. The van der Waals surface area contributed by atoms with E-state index in [1.807, 2.05) is 13.8 Å². The molecule has 0 heterocycles. The van der Waals surface area contributed by atoms with Crippen LogP contribution in [-0.4, -0.2) is 11.9 Å². The highest BCUT2D eigenvalue weighted by Gasteiger charge is 2.53. The Kier molecular flexibility index (Phi) is 4.08. The van der Waals surface area contributed by atoms with Crippen LogP contribution in [-0.2, 0) is 9.59 Å². The van der Waals surface area contributed by atoms with Gasteiger partial charge in [0, 0.05) is 22.8 Å². The number of hydrogen-bond acceptors (Lipinski definition) is 4. The van der Waals surface area contributed by atoms with E-state index in [0.29, 0.717) is 12.8 Å². The smallest absolute Gasteiger partial charge is 0.0482 e. The third-order valence-electron chi connectivity index (χ3n) is 5.18. The molecule has 104 valence electrons. The van der Waals surface area contributed by atoms with Gasteiger partial charge in [0.25, 0.3) is 0 Å². The Bertz CT molecular complexity index is 318. The number of carboxylic acid groups (broad SMARTS) is 2. The van der Waals surface area contributed by atoms with E-state index in [1.54, 1.807) is 0 Å². The molecule has 0 bridgehead atoms. The molecule has 18 heavy (non-hydrogen) atoms. The summed E-state index contributed by atoms with van der Waals surface area (Å²) in [6, 6.07) is 0. The maximum absolute atomic E-state index is 11.5. The summed E-state index contributed by atoms with van der Waals surface area (Å²) in [5.41, 5.74) is -2.70. The van der Waals surface area contributed by atoms with Crippen LogP contribution in [0.15, 0.2) is 0 Å². The van der Waals surface area contributed by atoms with Crippen molar-refractivity contribution in [3.63, 3.8) is 0 Å². The Morgan fingerprint density at radius 3 is 1.39 bits per heavy atom. The van der Waals surface area contributed by atoms with Crippen LogP contribution < -0.4 is 10.2 Å². The monoisotopic (exact) mass is 254 g/mol. The Hall–Kier alpha value is -1.06. The molecule has 0 saturated heterocycles. The first-order valence-corrected chi connectivity index (χ1v) is 6.65. The SMILES string of the molecule is CCC1CC(C)(C(=O)[O-])C(C)(C(=O)[O-])CC1CC. The lowest BCUT2D eigenvalue weighted by Crippen LogP contribution is -2.61. The molecule has 0 aromatic rings. The zero-order valence-electron chi connectivity index (χ0n) is 11.6. The van der Waals surface area contributed by atoms with Crippen LogP contribution in [0.3, 0.4) is 0 Å². The average Bonchev–Trinajstić information content (AvgIpc) is 2.31. The molecule has 1 rings (SSSR count). The molecule has 1 saturated carbocycles. The first kappa shape index (κ1) is 15.0. The minimum absolute atomic E-state index is 0.241. The van der Waals surface area contributed by atoms with Gasteiger partial charge >= 0.3 is 0 Å². The average molecular weight is 254 g/mol. The maximum Gasteiger partial charge on any atom is 0.0482 e. The molecule has 0 N–H and O–H groups in total. The molecule has 4 nitrogen and oxygen atoms in total. The molecular weight excluding hydrogens is 232 g/mol. The van der Waals surface area contributed by atoms with Crippen LogP contribution in [0.5, 0.6) is 0 Å². The Balaban J connectivity index is 3.22. The fraction of sp³-hybridized carbons (Fsp3) is 0.857. The second kappa shape index (κ2) is 4.90. The number of carbonyl (C=O) groups excluding carboxylic acids is 2. The van der Waals surface area contributed by atoms with Gasteiger partial charge < -0.3 is 19.8 Å². The zero-order chi connectivity index (χ0) is 14.1. The third kappa shape index (κ3) is 2.02. The summed E-state index contributed by atoms with van der Waals surface area (Å²) in [7, 11) is 0. The molecule has 0 radical (unpaired) electrons. The van der Waals surface area contributed by atoms with Gasteiger partial charge in [-0.2, -0.15) is 0 Å². The van der Waals surface area contributed by atoms with Gasteiger partial charge in [0.1, 0.15) is 0 Å². The van der Waals surface area contributed by atoms with Gasteiger partial charge in [0.05, 0.1) is 0 Å². The molecule has 0 aromatic heterocycles. The standard InChI is InChI=1S/C14H24O4/c1-5-9-7-13(3,11(15)16)14(4,12(17)18)8-10(9)6-2/h9-10H,5-8H2,1-4H3,(H,15,16)(H,17,18)/p-2. The van der Waals surface area contributed by atoms with Crippen LogP contribution in [0.25, 0.3) is 0 Å². The van der Waals surface area contributed by atoms with Crippen LogP contribution >= 0.6 is 0 Å². The van der Waals surface area contributed by atoms with Crippen molar-refractivity contribution in [1.29, 1.82) is 0 Å². The summed E-state index contributed by atoms with van der Waals surface area (Å²) in [4.78, 5) is 22.9. The molecule has 0 aliphatic heterocycles.